The highest BCUT2D eigenvalue weighted by molar-refractivity contribution is 7.91. The molecule has 0 fully saturated rings. The highest BCUT2D eigenvalue weighted by Crippen LogP contribution is 2.44. The maximum absolute atomic E-state index is 13.4. The standard InChI is InChI=1S/C35H40N6O5S/c1-35(2)16-14-26-32(25-6-5-7-28(25)38-33(26)35)39-34(44)40-47(36,45)24-11-8-21(9-12-24)15-17-37-30(42)18-22-19-31(43)46-29-13-10-23(41(3)4)20-27(22)29/h8-13,19-20H,5-7,14-18H2,1-4H3,(H,37,42)(H3,36,38,39,40,44,45). The lowest BCUT2D eigenvalue weighted by Gasteiger charge is -2.20. The Morgan fingerprint density at radius 3 is 2.57 bits per heavy atom. The number of fused-ring (bicyclic) bond motifs is 3. The van der Waals surface area contributed by atoms with Gasteiger partial charge < -0.3 is 20.0 Å². The van der Waals surface area contributed by atoms with Crippen LogP contribution >= 0.6 is 0 Å². The second-order valence-electron chi connectivity index (χ2n) is 13.2. The fourth-order valence-corrected chi connectivity index (χ4v) is 7.44. The van der Waals surface area contributed by atoms with Gasteiger partial charge in [0.05, 0.1) is 22.7 Å². The number of pyridine rings is 1. The predicted octanol–water partition coefficient (Wildman–Crippen LogP) is 4.80. The Hall–Kier alpha value is -4.55. The SMILES string of the molecule is CN(C)c1ccc2oc(=O)cc(CC(=O)NCCc3ccc(S(N)(=O)=NC(=O)Nc4c5c(nc6c4CCC6(C)C)CCC5)cc3)c2c1. The summed E-state index contributed by atoms with van der Waals surface area (Å²) in [5.41, 5.74) is 7.14. The van der Waals surface area contributed by atoms with Gasteiger partial charge in [-0.2, -0.15) is 0 Å². The van der Waals surface area contributed by atoms with Crippen molar-refractivity contribution in [3.05, 3.63) is 92.6 Å². The number of rotatable bonds is 8. The Kier molecular flexibility index (Phi) is 8.66. The zero-order valence-corrected chi connectivity index (χ0v) is 28.0. The van der Waals surface area contributed by atoms with Crippen molar-refractivity contribution in [3.63, 3.8) is 0 Å². The van der Waals surface area contributed by atoms with Crippen molar-refractivity contribution in [1.82, 2.24) is 10.3 Å². The molecular weight excluding hydrogens is 616 g/mol. The molecule has 1 unspecified atom stereocenters. The van der Waals surface area contributed by atoms with Gasteiger partial charge in [0, 0.05) is 48.9 Å². The van der Waals surface area contributed by atoms with Gasteiger partial charge in [0.15, 0.2) is 0 Å². The van der Waals surface area contributed by atoms with Crippen molar-refractivity contribution in [2.45, 2.75) is 69.1 Å². The molecule has 0 spiro atoms. The minimum Gasteiger partial charge on any atom is -0.423 e. The number of anilines is 2. The first-order chi connectivity index (χ1) is 22.3. The molecule has 2 aliphatic rings. The van der Waals surface area contributed by atoms with E-state index in [0.29, 0.717) is 29.5 Å². The number of aromatic nitrogens is 1. The fraction of sp³-hybridized carbons (Fsp3) is 0.371. The van der Waals surface area contributed by atoms with E-state index in [0.717, 1.165) is 71.6 Å². The molecule has 0 saturated carbocycles. The normalized spacial score (nSPS) is 15.9. The summed E-state index contributed by atoms with van der Waals surface area (Å²) >= 11 is 0. The third-order valence-corrected chi connectivity index (χ3v) is 10.5. The lowest BCUT2D eigenvalue weighted by molar-refractivity contribution is -0.120. The summed E-state index contributed by atoms with van der Waals surface area (Å²) in [5.74, 6) is -0.229. The van der Waals surface area contributed by atoms with E-state index in [9.17, 15) is 18.6 Å². The fourth-order valence-electron chi connectivity index (χ4n) is 6.51. The molecule has 2 heterocycles. The monoisotopic (exact) mass is 656 g/mol. The van der Waals surface area contributed by atoms with Gasteiger partial charge in [-0.25, -0.2) is 18.9 Å². The van der Waals surface area contributed by atoms with Crippen LogP contribution in [-0.2, 0) is 52.2 Å². The van der Waals surface area contributed by atoms with Gasteiger partial charge in [-0.15, -0.1) is 4.36 Å². The summed E-state index contributed by atoms with van der Waals surface area (Å²) in [4.78, 5) is 45.1. The molecule has 6 rings (SSSR count). The van der Waals surface area contributed by atoms with E-state index in [-0.39, 0.29) is 22.6 Å². The molecule has 12 heteroatoms. The molecule has 0 radical (unpaired) electrons. The predicted molar refractivity (Wildman–Crippen MR) is 183 cm³/mol. The first-order valence-corrected chi connectivity index (χ1v) is 17.4. The first kappa shape index (κ1) is 32.4. The maximum Gasteiger partial charge on any atom is 0.354 e. The Morgan fingerprint density at radius 2 is 1.83 bits per heavy atom. The Morgan fingerprint density at radius 1 is 1.06 bits per heavy atom. The van der Waals surface area contributed by atoms with Crippen molar-refractivity contribution in [1.29, 1.82) is 0 Å². The van der Waals surface area contributed by atoms with Crippen LogP contribution in [-0.4, -0.2) is 41.8 Å². The Labute approximate surface area is 274 Å². The van der Waals surface area contributed by atoms with Crippen LogP contribution < -0.4 is 26.3 Å². The largest absolute Gasteiger partial charge is 0.423 e. The van der Waals surface area contributed by atoms with Crippen LogP contribution in [0, 0.1) is 0 Å². The maximum atomic E-state index is 13.4. The molecular formula is C35H40N6O5S. The molecule has 0 aliphatic heterocycles. The van der Waals surface area contributed by atoms with Crippen molar-refractivity contribution in [2.24, 2.45) is 9.50 Å². The van der Waals surface area contributed by atoms with Gasteiger partial charge in [-0.1, -0.05) is 26.0 Å². The number of nitrogens with one attached hydrogen (secondary N) is 2. The number of benzene rings is 2. The minimum atomic E-state index is -3.50. The molecule has 4 aromatic rings. The molecule has 3 amide bonds. The molecule has 2 aliphatic carbocycles. The van der Waals surface area contributed by atoms with E-state index in [1.54, 1.807) is 30.3 Å². The molecule has 2 aromatic carbocycles. The molecule has 47 heavy (non-hydrogen) atoms. The zero-order valence-electron chi connectivity index (χ0n) is 27.1. The van der Waals surface area contributed by atoms with Crippen LogP contribution in [0.2, 0.25) is 0 Å². The van der Waals surface area contributed by atoms with Gasteiger partial charge in [0.1, 0.15) is 15.5 Å². The van der Waals surface area contributed by atoms with Gasteiger partial charge >= 0.3 is 11.7 Å². The molecule has 11 nitrogen and oxygen atoms in total. The summed E-state index contributed by atoms with van der Waals surface area (Å²) in [5, 5.41) is 12.6. The van der Waals surface area contributed by atoms with Crippen LogP contribution in [0.1, 0.15) is 60.3 Å². The smallest absolute Gasteiger partial charge is 0.354 e. The van der Waals surface area contributed by atoms with Crippen molar-refractivity contribution in [3.8, 4) is 0 Å². The van der Waals surface area contributed by atoms with E-state index in [4.69, 9.17) is 14.5 Å². The van der Waals surface area contributed by atoms with Crippen LogP contribution in [0.25, 0.3) is 11.0 Å². The third-order valence-electron chi connectivity index (χ3n) is 9.09. The Bertz CT molecular complexity index is 2080. The summed E-state index contributed by atoms with van der Waals surface area (Å²) in [6.07, 6.45) is 4.99. The van der Waals surface area contributed by atoms with Gasteiger partial charge in [0.25, 0.3) is 0 Å². The van der Waals surface area contributed by atoms with E-state index < -0.39 is 21.6 Å². The Balaban J connectivity index is 1.09. The van der Waals surface area contributed by atoms with Gasteiger partial charge in [-0.05, 0) is 91.1 Å². The number of nitrogens with zero attached hydrogens (tertiary/aromatic N) is 3. The molecule has 2 aromatic heterocycles. The molecule has 0 saturated heterocycles. The first-order valence-electron chi connectivity index (χ1n) is 15.8. The van der Waals surface area contributed by atoms with E-state index in [1.807, 2.05) is 31.1 Å². The molecule has 1 atom stereocenters. The molecule has 246 valence electrons. The number of carbonyl (C=O) groups is 2. The number of amides is 3. The number of nitrogens with two attached hydrogens (primary N) is 1. The lowest BCUT2D eigenvalue weighted by atomic mass is 9.90. The molecule has 0 bridgehead atoms. The highest BCUT2D eigenvalue weighted by Gasteiger charge is 2.36. The minimum absolute atomic E-state index is 0.0274. The van der Waals surface area contributed by atoms with E-state index in [1.165, 1.54) is 6.07 Å². The van der Waals surface area contributed by atoms with Crippen molar-refractivity contribution in [2.75, 3.05) is 30.9 Å². The van der Waals surface area contributed by atoms with E-state index in [2.05, 4.69) is 28.8 Å². The van der Waals surface area contributed by atoms with Crippen LogP contribution in [0.5, 0.6) is 0 Å². The third kappa shape index (κ3) is 6.79. The number of carbonyl (C=O) groups excluding carboxylic acids is 2. The number of urea groups is 1. The van der Waals surface area contributed by atoms with Crippen molar-refractivity contribution >= 4 is 44.2 Å². The average Bonchev–Trinajstić information content (AvgIpc) is 3.60. The van der Waals surface area contributed by atoms with Crippen molar-refractivity contribution < 1.29 is 18.2 Å². The second-order valence-corrected chi connectivity index (χ2v) is 14.9. The second kappa shape index (κ2) is 12.6. The quantitative estimate of drug-likeness (QED) is 0.230. The summed E-state index contributed by atoms with van der Waals surface area (Å²) in [7, 11) is 0.321. The summed E-state index contributed by atoms with van der Waals surface area (Å²) < 4.78 is 22.6. The number of aryl methyl sites for hydroxylation is 1. The van der Waals surface area contributed by atoms with Gasteiger partial charge in [-0.3, -0.25) is 9.78 Å². The number of hydrogen-bond acceptors (Lipinski definition) is 7. The molecule has 4 N–H and O–H groups in total. The van der Waals surface area contributed by atoms with Gasteiger partial charge in [0.2, 0.25) is 5.91 Å². The summed E-state index contributed by atoms with van der Waals surface area (Å²) in [6.45, 7) is 4.69. The number of hydrogen-bond donors (Lipinski definition) is 3. The summed E-state index contributed by atoms with van der Waals surface area (Å²) in [6, 6.07) is 12.8. The van der Waals surface area contributed by atoms with Crippen LogP contribution in [0.3, 0.4) is 0 Å². The van der Waals surface area contributed by atoms with Crippen LogP contribution in [0.15, 0.2) is 67.0 Å². The lowest BCUT2D eigenvalue weighted by Crippen LogP contribution is -2.27. The average molecular weight is 657 g/mol. The zero-order chi connectivity index (χ0) is 33.5. The highest BCUT2D eigenvalue weighted by atomic mass is 32.2. The van der Waals surface area contributed by atoms with Crippen LogP contribution in [0.4, 0.5) is 16.2 Å². The van der Waals surface area contributed by atoms with E-state index >= 15 is 0 Å². The topological polar surface area (TPSA) is 160 Å².